The molecule has 1 amide bonds. The zero-order valence-electron chi connectivity index (χ0n) is 14.2. The molecule has 0 aromatic heterocycles. The average molecular weight is 375 g/mol. The zero-order chi connectivity index (χ0) is 18.9. The summed E-state index contributed by atoms with van der Waals surface area (Å²) in [4.78, 5) is 35.9. The van der Waals surface area contributed by atoms with E-state index in [9.17, 15) is 18.8 Å². The third-order valence-electron chi connectivity index (χ3n) is 3.26. The predicted octanol–water partition coefficient (Wildman–Crippen LogP) is 3.69. The van der Waals surface area contributed by atoms with E-state index in [1.165, 1.54) is 30.0 Å². The van der Waals surface area contributed by atoms with Gasteiger partial charge in [-0.15, -0.1) is 11.8 Å². The Hall–Kier alpha value is -2.67. The molecule has 2 aromatic carbocycles. The predicted molar refractivity (Wildman–Crippen MR) is 97.8 cm³/mol. The number of carbonyl (C=O) groups excluding carboxylic acids is 3. The number of nitrogens with one attached hydrogen (secondary N) is 1. The highest BCUT2D eigenvalue weighted by Gasteiger charge is 2.13. The fraction of sp³-hybridized carbons (Fsp3) is 0.211. The molecule has 0 bridgehead atoms. The Balaban J connectivity index is 1.93. The molecule has 1 N–H and O–H groups in total. The van der Waals surface area contributed by atoms with E-state index in [-0.39, 0.29) is 30.1 Å². The highest BCUT2D eigenvalue weighted by molar-refractivity contribution is 8.00. The standard InChI is InChI=1S/C19H18FNO4S/c1-2-25-18(23)11-14(22)12-26-15-7-5-6-13(10-15)21-19(24)16-8-3-4-9-17(16)20/h3-10H,2,11-12H2,1H3,(H,21,24). The lowest BCUT2D eigenvalue weighted by Gasteiger charge is -2.08. The van der Waals surface area contributed by atoms with Crippen LogP contribution in [0.4, 0.5) is 10.1 Å². The molecule has 0 radical (unpaired) electrons. The summed E-state index contributed by atoms with van der Waals surface area (Å²) in [7, 11) is 0. The van der Waals surface area contributed by atoms with E-state index in [4.69, 9.17) is 4.74 Å². The van der Waals surface area contributed by atoms with Crippen LogP contribution < -0.4 is 5.32 Å². The van der Waals surface area contributed by atoms with Crippen molar-refractivity contribution in [1.82, 2.24) is 0 Å². The van der Waals surface area contributed by atoms with E-state index < -0.39 is 17.7 Å². The van der Waals surface area contributed by atoms with Crippen molar-refractivity contribution in [3.8, 4) is 0 Å². The van der Waals surface area contributed by atoms with E-state index in [0.717, 1.165) is 4.90 Å². The summed E-state index contributed by atoms with van der Waals surface area (Å²) < 4.78 is 18.4. The van der Waals surface area contributed by atoms with Gasteiger partial charge in [0, 0.05) is 10.6 Å². The molecular weight excluding hydrogens is 357 g/mol. The number of thioether (sulfide) groups is 1. The number of hydrogen-bond donors (Lipinski definition) is 1. The van der Waals surface area contributed by atoms with Gasteiger partial charge in [0.15, 0.2) is 5.78 Å². The number of esters is 1. The summed E-state index contributed by atoms with van der Waals surface area (Å²) in [5.74, 6) is -1.81. The van der Waals surface area contributed by atoms with Gasteiger partial charge in [0.1, 0.15) is 12.2 Å². The highest BCUT2D eigenvalue weighted by atomic mass is 32.2. The van der Waals surface area contributed by atoms with Crippen LogP contribution in [0.25, 0.3) is 0 Å². The number of amides is 1. The van der Waals surface area contributed by atoms with Gasteiger partial charge in [-0.05, 0) is 37.3 Å². The molecule has 0 aliphatic rings. The maximum Gasteiger partial charge on any atom is 0.313 e. The van der Waals surface area contributed by atoms with Gasteiger partial charge in [-0.1, -0.05) is 18.2 Å². The van der Waals surface area contributed by atoms with Gasteiger partial charge in [0.05, 0.1) is 17.9 Å². The molecule has 0 saturated heterocycles. The minimum absolute atomic E-state index is 0.0461. The molecule has 0 fully saturated rings. The molecule has 2 aromatic rings. The van der Waals surface area contributed by atoms with Gasteiger partial charge in [-0.25, -0.2) is 4.39 Å². The molecule has 0 aliphatic carbocycles. The summed E-state index contributed by atoms with van der Waals surface area (Å²) in [6.45, 7) is 1.92. The first kappa shape index (κ1) is 19.7. The van der Waals surface area contributed by atoms with Crippen LogP contribution in [0.1, 0.15) is 23.7 Å². The first-order valence-electron chi connectivity index (χ1n) is 7.95. The highest BCUT2D eigenvalue weighted by Crippen LogP contribution is 2.22. The Bertz CT molecular complexity index is 810. The molecule has 0 heterocycles. The number of Topliss-reactive ketones (excluding diaryl/α,β-unsaturated/α-hetero) is 1. The lowest BCUT2D eigenvalue weighted by Crippen LogP contribution is -2.14. The molecule has 0 spiro atoms. The van der Waals surface area contributed by atoms with Crippen LogP contribution in [-0.4, -0.2) is 30.0 Å². The zero-order valence-corrected chi connectivity index (χ0v) is 15.0. The lowest BCUT2D eigenvalue weighted by atomic mass is 10.2. The Morgan fingerprint density at radius 1 is 1.12 bits per heavy atom. The second-order valence-corrected chi connectivity index (χ2v) is 6.32. The molecule has 0 unspecified atom stereocenters. The monoisotopic (exact) mass is 375 g/mol. The van der Waals surface area contributed by atoms with Crippen LogP contribution in [0.3, 0.4) is 0 Å². The smallest absolute Gasteiger partial charge is 0.313 e. The molecule has 0 aliphatic heterocycles. The lowest BCUT2D eigenvalue weighted by molar-refractivity contribution is -0.145. The Morgan fingerprint density at radius 2 is 1.88 bits per heavy atom. The van der Waals surface area contributed by atoms with E-state index in [1.807, 2.05) is 0 Å². The van der Waals surface area contributed by atoms with Crippen LogP contribution in [0.5, 0.6) is 0 Å². The summed E-state index contributed by atoms with van der Waals surface area (Å²) in [5, 5.41) is 2.62. The van der Waals surface area contributed by atoms with Gasteiger partial charge in [-0.3, -0.25) is 14.4 Å². The van der Waals surface area contributed by atoms with Gasteiger partial charge in [0.25, 0.3) is 5.91 Å². The summed E-state index contributed by atoms with van der Waals surface area (Å²) >= 11 is 1.25. The first-order valence-corrected chi connectivity index (χ1v) is 8.94. The molecule has 0 atom stereocenters. The Morgan fingerprint density at radius 3 is 2.62 bits per heavy atom. The number of carbonyl (C=O) groups is 3. The molecule has 136 valence electrons. The van der Waals surface area contributed by atoms with Crippen molar-refractivity contribution in [2.45, 2.75) is 18.2 Å². The third-order valence-corrected chi connectivity index (χ3v) is 4.31. The van der Waals surface area contributed by atoms with Crippen molar-refractivity contribution in [2.24, 2.45) is 0 Å². The molecule has 5 nitrogen and oxygen atoms in total. The maximum atomic E-state index is 13.7. The van der Waals surface area contributed by atoms with Gasteiger partial charge in [0.2, 0.25) is 0 Å². The summed E-state index contributed by atoms with van der Waals surface area (Å²) in [5.41, 5.74) is 0.441. The van der Waals surface area contributed by atoms with Crippen molar-refractivity contribution in [3.05, 3.63) is 59.9 Å². The van der Waals surface area contributed by atoms with E-state index >= 15 is 0 Å². The van der Waals surface area contributed by atoms with Crippen molar-refractivity contribution in [3.63, 3.8) is 0 Å². The van der Waals surface area contributed by atoms with Crippen molar-refractivity contribution in [2.75, 3.05) is 17.7 Å². The minimum Gasteiger partial charge on any atom is -0.466 e. The third kappa shape index (κ3) is 6.00. The number of ether oxygens (including phenoxy) is 1. The number of anilines is 1. The van der Waals surface area contributed by atoms with Gasteiger partial charge >= 0.3 is 5.97 Å². The largest absolute Gasteiger partial charge is 0.466 e. The Kier molecular flexibility index (Phi) is 7.35. The number of rotatable bonds is 8. The van der Waals surface area contributed by atoms with E-state index in [1.54, 1.807) is 37.3 Å². The molecule has 2 rings (SSSR count). The fourth-order valence-electron chi connectivity index (χ4n) is 2.10. The van der Waals surface area contributed by atoms with Gasteiger partial charge in [-0.2, -0.15) is 0 Å². The molecule has 26 heavy (non-hydrogen) atoms. The number of halogens is 1. The fourth-order valence-corrected chi connectivity index (χ4v) is 2.91. The maximum absolute atomic E-state index is 13.7. The molecule has 7 heteroatoms. The molecule has 0 saturated carbocycles. The van der Waals surface area contributed by atoms with Crippen LogP contribution in [0.2, 0.25) is 0 Å². The molecular formula is C19H18FNO4S. The van der Waals surface area contributed by atoms with Crippen LogP contribution in [-0.2, 0) is 14.3 Å². The van der Waals surface area contributed by atoms with Crippen LogP contribution >= 0.6 is 11.8 Å². The normalized spacial score (nSPS) is 10.2. The van der Waals surface area contributed by atoms with Crippen molar-refractivity contribution >= 4 is 35.1 Å². The van der Waals surface area contributed by atoms with Crippen molar-refractivity contribution in [1.29, 1.82) is 0 Å². The number of benzene rings is 2. The number of hydrogen-bond acceptors (Lipinski definition) is 5. The summed E-state index contributed by atoms with van der Waals surface area (Å²) in [6.07, 6.45) is -0.259. The average Bonchev–Trinajstić information content (AvgIpc) is 2.61. The second kappa shape index (κ2) is 9.72. The SMILES string of the molecule is CCOC(=O)CC(=O)CSc1cccc(NC(=O)c2ccccc2F)c1. The topological polar surface area (TPSA) is 72.5 Å². The number of ketones is 1. The summed E-state index contributed by atoms with van der Waals surface area (Å²) in [6, 6.07) is 12.6. The van der Waals surface area contributed by atoms with Gasteiger partial charge < -0.3 is 10.1 Å². The van der Waals surface area contributed by atoms with E-state index in [0.29, 0.717) is 5.69 Å². The Labute approximate surface area is 154 Å². The quantitative estimate of drug-likeness (QED) is 0.433. The van der Waals surface area contributed by atoms with Crippen LogP contribution in [0.15, 0.2) is 53.4 Å². The minimum atomic E-state index is -0.597. The van der Waals surface area contributed by atoms with Crippen LogP contribution in [0, 0.1) is 5.82 Å². The van der Waals surface area contributed by atoms with E-state index in [2.05, 4.69) is 5.32 Å². The van der Waals surface area contributed by atoms with Crippen molar-refractivity contribution < 1.29 is 23.5 Å². The first-order chi connectivity index (χ1) is 12.5. The second-order valence-electron chi connectivity index (χ2n) is 5.27.